The Hall–Kier alpha value is -3.38. The number of nitrogens with zero attached hydrogens (tertiary/aromatic N) is 5. The first kappa shape index (κ1) is 40.6. The number of carbonyl (C=O) groups excluding carboxylic acids is 1. The highest BCUT2D eigenvalue weighted by molar-refractivity contribution is 5.94. The summed E-state index contributed by atoms with van der Waals surface area (Å²) < 4.78 is 0. The summed E-state index contributed by atoms with van der Waals surface area (Å²) in [5, 5.41) is 0. The van der Waals surface area contributed by atoms with Crippen molar-refractivity contribution in [3.63, 3.8) is 0 Å². The van der Waals surface area contributed by atoms with Gasteiger partial charge >= 0.3 is 0 Å². The van der Waals surface area contributed by atoms with Crippen LogP contribution in [0, 0.1) is 19.8 Å². The van der Waals surface area contributed by atoms with Gasteiger partial charge in [-0.15, -0.1) is 0 Å². The first-order chi connectivity index (χ1) is 22.3. The van der Waals surface area contributed by atoms with Crippen LogP contribution in [0.25, 0.3) is 11.1 Å². The van der Waals surface area contributed by atoms with Crippen molar-refractivity contribution >= 4 is 18.3 Å². The Balaban J connectivity index is 0.000000433. The summed E-state index contributed by atoms with van der Waals surface area (Å²) >= 11 is 0. The summed E-state index contributed by atoms with van der Waals surface area (Å²) in [6.07, 6.45) is 12.9. The van der Waals surface area contributed by atoms with Gasteiger partial charge in [0.1, 0.15) is 5.82 Å². The maximum Gasteiger partial charge on any atom is 0.253 e. The number of aromatic nitrogens is 2. The lowest BCUT2D eigenvalue weighted by molar-refractivity contribution is 0.0637. The van der Waals surface area contributed by atoms with Gasteiger partial charge in [-0.25, -0.2) is 9.97 Å². The van der Waals surface area contributed by atoms with E-state index in [0.29, 0.717) is 0 Å². The van der Waals surface area contributed by atoms with Crippen LogP contribution in [-0.4, -0.2) is 65.1 Å². The van der Waals surface area contributed by atoms with E-state index in [1.54, 1.807) is 0 Å². The second-order valence-corrected chi connectivity index (χ2v) is 11.7. The highest BCUT2D eigenvalue weighted by Crippen LogP contribution is 2.27. The van der Waals surface area contributed by atoms with Gasteiger partial charge < -0.3 is 4.90 Å². The van der Waals surface area contributed by atoms with Crippen LogP contribution in [0.15, 0.2) is 59.9 Å². The number of piperazine rings is 1. The van der Waals surface area contributed by atoms with Crippen LogP contribution < -0.4 is 0 Å². The van der Waals surface area contributed by atoms with Gasteiger partial charge in [-0.2, -0.15) is 0 Å². The van der Waals surface area contributed by atoms with Gasteiger partial charge in [0.05, 0.1) is 5.69 Å². The standard InChI is InChI=1S/C22H27N3O.C9H20.C7H10N2.C2H6/c1-4-11-24-12-14-25(15-13-24)22(26)19-9-7-18(8-10-19)20-6-5-17(2)21(16-20)23-3;1-4-7-9(6-3)8-5-2;1-3-7-4-8-6(2)9-5-7;1-2/h5-10,16H,3-4,11-15H2,1-2H3;9H,4-8H2,1-3H3;4-5H,3H2,1-2H3;1-2H3. The minimum absolute atomic E-state index is 0.130. The van der Waals surface area contributed by atoms with Gasteiger partial charge in [0.2, 0.25) is 0 Å². The predicted molar refractivity (Wildman–Crippen MR) is 200 cm³/mol. The third-order valence-corrected chi connectivity index (χ3v) is 8.26. The summed E-state index contributed by atoms with van der Waals surface area (Å²) in [5.41, 5.74) is 6.13. The van der Waals surface area contributed by atoms with Crippen LogP contribution in [0.5, 0.6) is 0 Å². The average molecular weight is 630 g/mol. The molecule has 0 aliphatic carbocycles. The summed E-state index contributed by atoms with van der Waals surface area (Å²) in [6, 6.07) is 14.0. The van der Waals surface area contributed by atoms with Gasteiger partial charge in [0.25, 0.3) is 5.91 Å². The number of hydrogen-bond donors (Lipinski definition) is 0. The molecule has 1 fully saturated rings. The van der Waals surface area contributed by atoms with Crippen LogP contribution in [0.1, 0.15) is 114 Å². The minimum Gasteiger partial charge on any atom is -0.336 e. The molecule has 1 saturated heterocycles. The molecule has 0 bridgehead atoms. The van der Waals surface area contributed by atoms with E-state index in [2.05, 4.69) is 67.3 Å². The zero-order chi connectivity index (χ0) is 34.3. The number of aliphatic imine (C=N–C) groups is 1. The Morgan fingerprint density at radius 2 is 1.39 bits per heavy atom. The van der Waals surface area contributed by atoms with Crippen molar-refractivity contribution in [2.75, 3.05) is 32.7 Å². The summed E-state index contributed by atoms with van der Waals surface area (Å²) in [5.74, 6) is 1.98. The molecule has 6 heteroatoms. The molecule has 0 radical (unpaired) electrons. The molecule has 0 atom stereocenters. The first-order valence-electron chi connectivity index (χ1n) is 17.8. The lowest BCUT2D eigenvalue weighted by atomic mass is 9.96. The van der Waals surface area contributed by atoms with Crippen molar-refractivity contribution in [2.24, 2.45) is 10.9 Å². The molecule has 1 aromatic heterocycles. The molecule has 46 heavy (non-hydrogen) atoms. The SMILES string of the molecule is C=Nc1cc(-c2ccc(C(=O)N3CCN(CCC)CC3)cc2)ccc1C.CC.CCCC(CC)CCC.CCc1cnc(C)nc1. The quantitative estimate of drug-likeness (QED) is 0.198. The Morgan fingerprint density at radius 1 is 0.826 bits per heavy atom. The molecule has 0 N–H and O–H groups in total. The zero-order valence-electron chi connectivity index (χ0n) is 30.6. The number of hydrogen-bond acceptors (Lipinski definition) is 5. The van der Waals surface area contributed by atoms with E-state index in [1.807, 2.05) is 81.4 Å². The van der Waals surface area contributed by atoms with E-state index in [9.17, 15) is 4.79 Å². The molecular formula is C40H63N5O. The molecule has 6 nitrogen and oxygen atoms in total. The Morgan fingerprint density at radius 3 is 1.87 bits per heavy atom. The summed E-state index contributed by atoms with van der Waals surface area (Å²) in [4.78, 5) is 29.3. The van der Waals surface area contributed by atoms with E-state index < -0.39 is 0 Å². The van der Waals surface area contributed by atoms with Gasteiger partial charge in [0.15, 0.2) is 0 Å². The van der Waals surface area contributed by atoms with Gasteiger partial charge in [-0.05, 0) is 86.3 Å². The lowest BCUT2D eigenvalue weighted by Gasteiger charge is -2.34. The maximum absolute atomic E-state index is 12.7. The van der Waals surface area contributed by atoms with Crippen LogP contribution in [0.4, 0.5) is 5.69 Å². The topological polar surface area (TPSA) is 61.7 Å². The first-order valence-corrected chi connectivity index (χ1v) is 17.8. The number of aryl methyl sites for hydroxylation is 3. The van der Waals surface area contributed by atoms with Crippen LogP contribution >= 0.6 is 0 Å². The Labute approximate surface area is 281 Å². The average Bonchev–Trinajstić information content (AvgIpc) is 3.10. The summed E-state index contributed by atoms with van der Waals surface area (Å²) in [6.45, 7) is 27.4. The predicted octanol–water partition coefficient (Wildman–Crippen LogP) is 10.1. The van der Waals surface area contributed by atoms with Crippen LogP contribution in [-0.2, 0) is 6.42 Å². The number of carbonyl (C=O) groups is 1. The molecule has 3 aromatic rings. The van der Waals surface area contributed by atoms with Crippen molar-refractivity contribution in [3.05, 3.63) is 77.4 Å². The number of benzene rings is 2. The van der Waals surface area contributed by atoms with E-state index in [1.165, 1.54) is 37.7 Å². The van der Waals surface area contributed by atoms with Gasteiger partial charge in [-0.3, -0.25) is 14.7 Å². The van der Waals surface area contributed by atoms with E-state index >= 15 is 0 Å². The molecule has 2 aromatic carbocycles. The minimum atomic E-state index is 0.130. The normalized spacial score (nSPS) is 12.6. The summed E-state index contributed by atoms with van der Waals surface area (Å²) in [7, 11) is 0. The molecule has 0 spiro atoms. The maximum atomic E-state index is 12.7. The van der Waals surface area contributed by atoms with Crippen molar-refractivity contribution in [1.29, 1.82) is 0 Å². The monoisotopic (exact) mass is 630 g/mol. The third kappa shape index (κ3) is 14.4. The Kier molecular flexibility index (Phi) is 21.1. The fraction of sp³-hybridized carbons (Fsp3) is 0.550. The van der Waals surface area contributed by atoms with Gasteiger partial charge in [-0.1, -0.05) is 105 Å². The van der Waals surface area contributed by atoms with Crippen LogP contribution in [0.2, 0.25) is 0 Å². The van der Waals surface area contributed by atoms with Crippen molar-refractivity contribution in [1.82, 2.24) is 19.8 Å². The van der Waals surface area contributed by atoms with E-state index in [-0.39, 0.29) is 5.91 Å². The number of amides is 1. The van der Waals surface area contributed by atoms with Crippen LogP contribution in [0.3, 0.4) is 0 Å². The highest BCUT2D eigenvalue weighted by Gasteiger charge is 2.21. The lowest BCUT2D eigenvalue weighted by Crippen LogP contribution is -2.48. The molecule has 1 aliphatic rings. The van der Waals surface area contributed by atoms with Gasteiger partial charge in [0, 0.05) is 44.1 Å². The fourth-order valence-electron chi connectivity index (χ4n) is 5.41. The molecular weight excluding hydrogens is 566 g/mol. The molecule has 0 saturated carbocycles. The second kappa shape index (κ2) is 23.9. The second-order valence-electron chi connectivity index (χ2n) is 11.7. The molecule has 254 valence electrons. The Bertz CT molecular complexity index is 1230. The molecule has 1 aliphatic heterocycles. The third-order valence-electron chi connectivity index (χ3n) is 8.26. The molecule has 2 heterocycles. The largest absolute Gasteiger partial charge is 0.336 e. The number of rotatable bonds is 11. The van der Waals surface area contributed by atoms with E-state index in [4.69, 9.17) is 0 Å². The fourth-order valence-corrected chi connectivity index (χ4v) is 5.41. The highest BCUT2D eigenvalue weighted by atomic mass is 16.2. The van der Waals surface area contributed by atoms with E-state index in [0.717, 1.165) is 85.2 Å². The van der Waals surface area contributed by atoms with Crippen molar-refractivity contribution in [2.45, 2.75) is 107 Å². The van der Waals surface area contributed by atoms with Crippen molar-refractivity contribution in [3.8, 4) is 11.1 Å². The molecule has 0 unspecified atom stereocenters. The van der Waals surface area contributed by atoms with Crippen molar-refractivity contribution < 1.29 is 4.79 Å². The molecule has 4 rings (SSSR count). The smallest absolute Gasteiger partial charge is 0.253 e. The molecule has 1 amide bonds. The zero-order valence-corrected chi connectivity index (χ0v) is 30.6.